The maximum Gasteiger partial charge on any atom is 0.262 e. The van der Waals surface area contributed by atoms with Gasteiger partial charge in [-0.3, -0.25) is 4.79 Å². The molecule has 2 unspecified atom stereocenters. The van der Waals surface area contributed by atoms with E-state index in [9.17, 15) is 10.1 Å². The third-order valence-electron chi connectivity index (χ3n) is 5.77. The number of methoxy groups -OCH3 is 1. The van der Waals surface area contributed by atoms with Crippen LogP contribution in [-0.2, 0) is 11.4 Å². The Balaban J connectivity index is 1.71. The number of carbonyl (C=O) groups is 1. The first kappa shape index (κ1) is 22.4. The summed E-state index contributed by atoms with van der Waals surface area (Å²) in [6.07, 6.45) is 5.98. The van der Waals surface area contributed by atoms with Gasteiger partial charge >= 0.3 is 0 Å². The second-order valence-electron chi connectivity index (χ2n) is 8.20. The second kappa shape index (κ2) is 10.7. The normalized spacial score (nSPS) is 18.7. The summed E-state index contributed by atoms with van der Waals surface area (Å²) >= 11 is 0. The monoisotopic (exact) mass is 418 g/mol. The first-order valence-electron chi connectivity index (χ1n) is 10.8. The Morgan fingerprint density at radius 1 is 1.19 bits per heavy atom. The summed E-state index contributed by atoms with van der Waals surface area (Å²) in [5.74, 6) is 1.28. The predicted octanol–water partition coefficient (Wildman–Crippen LogP) is 5.18. The van der Waals surface area contributed by atoms with Crippen LogP contribution in [0.1, 0.15) is 49.3 Å². The van der Waals surface area contributed by atoms with Crippen molar-refractivity contribution in [2.75, 3.05) is 7.11 Å². The fourth-order valence-corrected chi connectivity index (χ4v) is 3.95. The predicted molar refractivity (Wildman–Crippen MR) is 122 cm³/mol. The van der Waals surface area contributed by atoms with Crippen molar-refractivity contribution in [1.82, 2.24) is 5.32 Å². The molecular formula is C26H30N2O3. The average Bonchev–Trinajstić information content (AvgIpc) is 2.77. The van der Waals surface area contributed by atoms with E-state index in [-0.39, 0.29) is 17.5 Å². The molecule has 0 aromatic heterocycles. The number of rotatable bonds is 7. The van der Waals surface area contributed by atoms with Crippen LogP contribution < -0.4 is 14.8 Å². The minimum Gasteiger partial charge on any atom is -0.493 e. The Morgan fingerprint density at radius 3 is 2.71 bits per heavy atom. The quantitative estimate of drug-likeness (QED) is 0.496. The Kier molecular flexibility index (Phi) is 7.72. The highest BCUT2D eigenvalue weighted by Crippen LogP contribution is 2.30. The molecule has 2 aromatic carbocycles. The van der Waals surface area contributed by atoms with Gasteiger partial charge in [0.1, 0.15) is 18.2 Å². The summed E-state index contributed by atoms with van der Waals surface area (Å²) in [6.45, 7) is 4.63. The maximum atomic E-state index is 12.6. The standard InChI is InChI=1S/C26H30N2O3/c1-18-7-6-9-21(13-18)17-31-24-12-11-20(15-25(24)30-3)14-22(16-27)26(29)28-23-10-5-4-8-19(23)2/h6-7,9,11-15,19,23H,4-5,8,10,17H2,1-3H3,(H,28,29). The molecule has 1 N–H and O–H groups in total. The number of nitrogens with zero attached hydrogens (tertiary/aromatic N) is 1. The van der Waals surface area contributed by atoms with Crippen LogP contribution in [0.2, 0.25) is 0 Å². The molecule has 1 fully saturated rings. The van der Waals surface area contributed by atoms with Gasteiger partial charge in [0.2, 0.25) is 0 Å². The number of carbonyl (C=O) groups excluding carboxylic acids is 1. The zero-order valence-electron chi connectivity index (χ0n) is 18.5. The van der Waals surface area contributed by atoms with Crippen molar-refractivity contribution in [2.45, 2.75) is 52.2 Å². The van der Waals surface area contributed by atoms with Gasteiger partial charge in [0, 0.05) is 6.04 Å². The molecular weight excluding hydrogens is 388 g/mol. The van der Waals surface area contributed by atoms with Crippen molar-refractivity contribution in [1.29, 1.82) is 5.26 Å². The number of benzene rings is 2. The molecule has 31 heavy (non-hydrogen) atoms. The third-order valence-corrected chi connectivity index (χ3v) is 5.77. The van der Waals surface area contributed by atoms with E-state index in [0.717, 1.165) is 24.8 Å². The SMILES string of the molecule is COc1cc(C=C(C#N)C(=O)NC2CCCCC2C)ccc1OCc1cccc(C)c1. The van der Waals surface area contributed by atoms with Crippen molar-refractivity contribution in [2.24, 2.45) is 5.92 Å². The molecule has 2 atom stereocenters. The molecule has 3 rings (SSSR count). The van der Waals surface area contributed by atoms with Gasteiger partial charge in [0.25, 0.3) is 5.91 Å². The summed E-state index contributed by atoms with van der Waals surface area (Å²) in [5, 5.41) is 12.6. The van der Waals surface area contributed by atoms with Gasteiger partial charge in [-0.25, -0.2) is 0 Å². The van der Waals surface area contributed by atoms with Crippen LogP contribution in [0.3, 0.4) is 0 Å². The number of hydrogen-bond acceptors (Lipinski definition) is 4. The van der Waals surface area contributed by atoms with E-state index < -0.39 is 0 Å². The first-order chi connectivity index (χ1) is 15.0. The average molecular weight is 419 g/mol. The van der Waals surface area contributed by atoms with Crippen LogP contribution in [0.25, 0.3) is 6.08 Å². The molecule has 5 heteroatoms. The van der Waals surface area contributed by atoms with Crippen LogP contribution in [0.5, 0.6) is 11.5 Å². The number of amides is 1. The second-order valence-corrected chi connectivity index (χ2v) is 8.20. The van der Waals surface area contributed by atoms with Gasteiger partial charge in [-0.15, -0.1) is 0 Å². The van der Waals surface area contributed by atoms with E-state index in [2.05, 4.69) is 18.3 Å². The molecule has 0 bridgehead atoms. The fraction of sp³-hybridized carbons (Fsp3) is 0.385. The van der Waals surface area contributed by atoms with Crippen molar-refractivity contribution < 1.29 is 14.3 Å². The number of nitriles is 1. The molecule has 0 heterocycles. The molecule has 162 valence electrons. The molecule has 1 saturated carbocycles. The smallest absolute Gasteiger partial charge is 0.262 e. The Hall–Kier alpha value is -3.26. The van der Waals surface area contributed by atoms with Crippen molar-refractivity contribution in [3.8, 4) is 17.6 Å². The Labute approximate surface area is 184 Å². The molecule has 0 radical (unpaired) electrons. The Bertz CT molecular complexity index is 990. The highest BCUT2D eigenvalue weighted by molar-refractivity contribution is 6.01. The van der Waals surface area contributed by atoms with Gasteiger partial charge in [-0.2, -0.15) is 5.26 Å². The van der Waals surface area contributed by atoms with E-state index in [1.165, 1.54) is 12.0 Å². The number of ether oxygens (including phenoxy) is 2. The zero-order valence-corrected chi connectivity index (χ0v) is 18.5. The van der Waals surface area contributed by atoms with Crippen LogP contribution in [0.15, 0.2) is 48.0 Å². The van der Waals surface area contributed by atoms with Crippen LogP contribution in [-0.4, -0.2) is 19.1 Å². The van der Waals surface area contributed by atoms with E-state index in [1.807, 2.05) is 37.3 Å². The minimum atomic E-state index is -0.319. The lowest BCUT2D eigenvalue weighted by molar-refractivity contribution is -0.118. The number of nitrogens with one attached hydrogen (secondary N) is 1. The highest BCUT2D eigenvalue weighted by atomic mass is 16.5. The Morgan fingerprint density at radius 2 is 2.00 bits per heavy atom. The van der Waals surface area contributed by atoms with E-state index in [1.54, 1.807) is 25.3 Å². The van der Waals surface area contributed by atoms with E-state index in [0.29, 0.717) is 29.6 Å². The number of aryl methyl sites for hydroxylation is 1. The lowest BCUT2D eigenvalue weighted by Crippen LogP contribution is -2.41. The fourth-order valence-electron chi connectivity index (χ4n) is 3.95. The largest absolute Gasteiger partial charge is 0.493 e. The summed E-state index contributed by atoms with van der Waals surface area (Å²) in [5.41, 5.74) is 3.06. The highest BCUT2D eigenvalue weighted by Gasteiger charge is 2.24. The van der Waals surface area contributed by atoms with Crippen molar-refractivity contribution in [3.05, 3.63) is 64.7 Å². The van der Waals surface area contributed by atoms with Crippen LogP contribution in [0.4, 0.5) is 0 Å². The van der Waals surface area contributed by atoms with E-state index in [4.69, 9.17) is 9.47 Å². The topological polar surface area (TPSA) is 71.3 Å². The van der Waals surface area contributed by atoms with Crippen molar-refractivity contribution in [3.63, 3.8) is 0 Å². The van der Waals surface area contributed by atoms with Gasteiger partial charge < -0.3 is 14.8 Å². The van der Waals surface area contributed by atoms with Gasteiger partial charge in [-0.05, 0) is 55.0 Å². The summed E-state index contributed by atoms with van der Waals surface area (Å²) in [6, 6.07) is 15.7. The molecule has 1 aliphatic carbocycles. The molecule has 0 aliphatic heterocycles. The van der Waals surface area contributed by atoms with Gasteiger partial charge in [0.15, 0.2) is 11.5 Å². The lowest BCUT2D eigenvalue weighted by atomic mass is 9.86. The molecule has 0 saturated heterocycles. The lowest BCUT2D eigenvalue weighted by Gasteiger charge is -2.29. The molecule has 5 nitrogen and oxygen atoms in total. The molecule has 0 spiro atoms. The van der Waals surface area contributed by atoms with E-state index >= 15 is 0 Å². The first-order valence-corrected chi connectivity index (χ1v) is 10.8. The summed E-state index contributed by atoms with van der Waals surface area (Å²) in [7, 11) is 1.57. The number of hydrogen-bond donors (Lipinski definition) is 1. The summed E-state index contributed by atoms with van der Waals surface area (Å²) in [4.78, 5) is 12.6. The molecule has 2 aromatic rings. The van der Waals surface area contributed by atoms with Gasteiger partial charge in [-0.1, -0.05) is 55.7 Å². The molecule has 1 aliphatic rings. The molecule has 1 amide bonds. The maximum absolute atomic E-state index is 12.6. The van der Waals surface area contributed by atoms with Crippen molar-refractivity contribution >= 4 is 12.0 Å². The minimum absolute atomic E-state index is 0.0910. The third kappa shape index (κ3) is 6.11. The summed E-state index contributed by atoms with van der Waals surface area (Å²) < 4.78 is 11.4. The van der Waals surface area contributed by atoms with Crippen LogP contribution >= 0.6 is 0 Å². The van der Waals surface area contributed by atoms with Gasteiger partial charge in [0.05, 0.1) is 7.11 Å². The van der Waals surface area contributed by atoms with Crippen LogP contribution in [0, 0.1) is 24.2 Å². The zero-order chi connectivity index (χ0) is 22.2.